The van der Waals surface area contributed by atoms with Crippen LogP contribution in [0.1, 0.15) is 27.7 Å². The second-order valence-electron chi connectivity index (χ2n) is 3.67. The molecule has 0 aromatic carbocycles. The molecule has 1 aliphatic heterocycles. The monoisotopic (exact) mass is 184 g/mol. The SMILES string of the molecule is CC(C)N1[C]N(C(C)C)CC1.[AlH3]. The van der Waals surface area contributed by atoms with Gasteiger partial charge in [-0.3, -0.25) is 9.80 Å². The Kier molecular flexibility index (Phi) is 5.44. The van der Waals surface area contributed by atoms with Gasteiger partial charge in [0.05, 0.1) is 0 Å². The van der Waals surface area contributed by atoms with Gasteiger partial charge in [0.15, 0.2) is 17.4 Å². The van der Waals surface area contributed by atoms with Crippen LogP contribution in [0, 0.1) is 6.67 Å². The summed E-state index contributed by atoms with van der Waals surface area (Å²) in [5, 5.41) is 0. The van der Waals surface area contributed by atoms with Crippen molar-refractivity contribution in [1.29, 1.82) is 0 Å². The van der Waals surface area contributed by atoms with Crippen LogP contribution in [0.2, 0.25) is 0 Å². The molecule has 3 heteroatoms. The highest BCUT2D eigenvalue weighted by Gasteiger charge is 2.24. The summed E-state index contributed by atoms with van der Waals surface area (Å²) in [5.74, 6) is 0. The molecular weight excluding hydrogens is 163 g/mol. The van der Waals surface area contributed by atoms with E-state index in [0.717, 1.165) is 13.1 Å². The Labute approximate surface area is 87.0 Å². The highest BCUT2D eigenvalue weighted by atomic mass is 27.0. The molecule has 0 bridgehead atoms. The molecule has 0 amide bonds. The average Bonchev–Trinajstić information content (AvgIpc) is 2.33. The van der Waals surface area contributed by atoms with Gasteiger partial charge >= 0.3 is 0 Å². The van der Waals surface area contributed by atoms with E-state index in [1.54, 1.807) is 0 Å². The van der Waals surface area contributed by atoms with Crippen LogP contribution in [0.3, 0.4) is 0 Å². The average molecular weight is 184 g/mol. The van der Waals surface area contributed by atoms with Crippen LogP contribution in [0.15, 0.2) is 0 Å². The van der Waals surface area contributed by atoms with Gasteiger partial charge in [-0.1, -0.05) is 0 Å². The zero-order valence-electron chi connectivity index (χ0n) is 7.96. The highest BCUT2D eigenvalue weighted by Crippen LogP contribution is 2.15. The third-order valence-electron chi connectivity index (χ3n) is 2.09. The lowest BCUT2D eigenvalue weighted by Crippen LogP contribution is -2.28. The van der Waals surface area contributed by atoms with Gasteiger partial charge in [0, 0.05) is 25.2 Å². The van der Waals surface area contributed by atoms with Crippen LogP contribution in [0.5, 0.6) is 0 Å². The Morgan fingerprint density at radius 1 is 0.917 bits per heavy atom. The minimum Gasteiger partial charge on any atom is -0.276 e. The van der Waals surface area contributed by atoms with Crippen LogP contribution < -0.4 is 0 Å². The van der Waals surface area contributed by atoms with Gasteiger partial charge in [0.2, 0.25) is 0 Å². The standard InChI is InChI=1S/C9H18N2.Al.3H/c1-8(2)10-5-6-11(7-10)9(3)4;;;;/h8-9H,5-6H2,1-4H3;;;;. The van der Waals surface area contributed by atoms with Gasteiger partial charge in [0.1, 0.15) is 6.67 Å². The largest absolute Gasteiger partial charge is 0.276 e. The molecule has 2 nitrogen and oxygen atoms in total. The molecule has 0 aliphatic carbocycles. The van der Waals surface area contributed by atoms with E-state index in [-0.39, 0.29) is 17.4 Å². The minimum atomic E-state index is 0. The molecule has 1 aliphatic rings. The maximum atomic E-state index is 3.36. The number of nitrogens with zero attached hydrogens (tertiary/aromatic N) is 2. The van der Waals surface area contributed by atoms with E-state index in [0.29, 0.717) is 12.1 Å². The molecule has 0 spiro atoms. The van der Waals surface area contributed by atoms with Crippen LogP contribution >= 0.6 is 0 Å². The zero-order valence-corrected chi connectivity index (χ0v) is 7.96. The van der Waals surface area contributed by atoms with Gasteiger partial charge in [-0.15, -0.1) is 0 Å². The molecule has 2 radical (unpaired) electrons. The first kappa shape index (κ1) is 12.5. The third-order valence-corrected chi connectivity index (χ3v) is 2.09. The molecule has 1 fully saturated rings. The fraction of sp³-hybridized carbons (Fsp3) is 0.889. The Balaban J connectivity index is 0.00000121. The first-order valence-corrected chi connectivity index (χ1v) is 4.41. The Bertz CT molecular complexity index is 112. The summed E-state index contributed by atoms with van der Waals surface area (Å²) < 4.78 is 0. The van der Waals surface area contributed by atoms with Crippen LogP contribution in [-0.2, 0) is 0 Å². The summed E-state index contributed by atoms with van der Waals surface area (Å²) in [6.45, 7) is 14.4. The Morgan fingerprint density at radius 2 is 1.25 bits per heavy atom. The van der Waals surface area contributed by atoms with Crippen LogP contribution in [0.4, 0.5) is 0 Å². The van der Waals surface area contributed by atoms with Crippen molar-refractivity contribution in [3.8, 4) is 0 Å². The lowest BCUT2D eigenvalue weighted by atomic mass is 10.3. The lowest BCUT2D eigenvalue weighted by Gasteiger charge is -2.21. The fourth-order valence-electron chi connectivity index (χ4n) is 1.23. The Hall–Kier alpha value is 0.452. The van der Waals surface area contributed by atoms with Crippen molar-refractivity contribution in [2.24, 2.45) is 0 Å². The van der Waals surface area contributed by atoms with E-state index in [1.807, 2.05) is 0 Å². The first-order chi connectivity index (χ1) is 5.11. The van der Waals surface area contributed by atoms with Crippen molar-refractivity contribution >= 4 is 17.4 Å². The topological polar surface area (TPSA) is 6.48 Å². The quantitative estimate of drug-likeness (QED) is 0.567. The minimum absolute atomic E-state index is 0. The molecule has 0 atom stereocenters. The number of hydrogen-bond acceptors (Lipinski definition) is 2. The molecule has 1 heterocycles. The summed E-state index contributed by atoms with van der Waals surface area (Å²) in [4.78, 5) is 4.53. The summed E-state index contributed by atoms with van der Waals surface area (Å²) in [6, 6.07) is 1.19. The normalized spacial score (nSPS) is 20.5. The predicted molar refractivity (Wildman–Crippen MR) is 56.9 cm³/mol. The van der Waals surface area contributed by atoms with E-state index < -0.39 is 0 Å². The van der Waals surface area contributed by atoms with Gasteiger partial charge in [-0.25, -0.2) is 0 Å². The van der Waals surface area contributed by atoms with Crippen molar-refractivity contribution in [2.45, 2.75) is 39.8 Å². The van der Waals surface area contributed by atoms with Crippen LogP contribution in [0.25, 0.3) is 0 Å². The van der Waals surface area contributed by atoms with Crippen molar-refractivity contribution in [3.05, 3.63) is 6.67 Å². The Morgan fingerprint density at radius 3 is 1.42 bits per heavy atom. The van der Waals surface area contributed by atoms with Gasteiger partial charge in [-0.05, 0) is 27.7 Å². The van der Waals surface area contributed by atoms with E-state index in [2.05, 4.69) is 44.2 Å². The maximum absolute atomic E-state index is 3.36. The fourth-order valence-corrected chi connectivity index (χ4v) is 1.23. The van der Waals surface area contributed by atoms with Crippen molar-refractivity contribution in [3.63, 3.8) is 0 Å². The van der Waals surface area contributed by atoms with Crippen molar-refractivity contribution in [2.75, 3.05) is 13.1 Å². The van der Waals surface area contributed by atoms with Crippen molar-refractivity contribution < 1.29 is 0 Å². The molecular formula is C9H21AlN2. The molecule has 1 saturated heterocycles. The van der Waals surface area contributed by atoms with Gasteiger partial charge in [0.25, 0.3) is 0 Å². The molecule has 1 rings (SSSR count). The van der Waals surface area contributed by atoms with E-state index in [9.17, 15) is 0 Å². The predicted octanol–water partition coefficient (Wildman–Crippen LogP) is 0.233. The van der Waals surface area contributed by atoms with E-state index >= 15 is 0 Å². The van der Waals surface area contributed by atoms with E-state index in [4.69, 9.17) is 0 Å². The molecule has 0 saturated carbocycles. The van der Waals surface area contributed by atoms with Gasteiger partial charge < -0.3 is 0 Å². The summed E-state index contributed by atoms with van der Waals surface area (Å²) in [7, 11) is 0. The number of hydrogen-bond donors (Lipinski definition) is 0. The van der Waals surface area contributed by atoms with Gasteiger partial charge in [-0.2, -0.15) is 0 Å². The van der Waals surface area contributed by atoms with Crippen LogP contribution in [-0.4, -0.2) is 52.3 Å². The lowest BCUT2D eigenvalue weighted by molar-refractivity contribution is 0.255. The summed E-state index contributed by atoms with van der Waals surface area (Å²) >= 11 is 0. The van der Waals surface area contributed by atoms with E-state index in [1.165, 1.54) is 0 Å². The molecule has 0 aromatic heterocycles. The molecule has 0 unspecified atom stereocenters. The number of rotatable bonds is 2. The third kappa shape index (κ3) is 3.07. The molecule has 70 valence electrons. The second-order valence-corrected chi connectivity index (χ2v) is 3.67. The van der Waals surface area contributed by atoms with Crippen molar-refractivity contribution in [1.82, 2.24) is 9.80 Å². The molecule has 0 N–H and O–H groups in total. The summed E-state index contributed by atoms with van der Waals surface area (Å²) in [6.07, 6.45) is 0. The molecule has 0 aromatic rings. The smallest absolute Gasteiger partial charge is 0.187 e. The summed E-state index contributed by atoms with van der Waals surface area (Å²) in [5.41, 5.74) is 0. The second kappa shape index (κ2) is 5.24. The molecule has 12 heavy (non-hydrogen) atoms. The maximum Gasteiger partial charge on any atom is 0.187 e. The zero-order chi connectivity index (χ0) is 8.43. The first-order valence-electron chi connectivity index (χ1n) is 4.41. The highest BCUT2D eigenvalue weighted by molar-refractivity contribution is 5.75.